The zero-order valence-electron chi connectivity index (χ0n) is 10.8. The fourth-order valence-electron chi connectivity index (χ4n) is 2.20. The summed E-state index contributed by atoms with van der Waals surface area (Å²) in [7, 11) is 0. The summed E-state index contributed by atoms with van der Waals surface area (Å²) in [5.41, 5.74) is 6.49. The molecular formula is C14H19ClN2O2. The lowest BCUT2D eigenvalue weighted by molar-refractivity contribution is 0.0911. The molecule has 0 aromatic heterocycles. The third-order valence-corrected chi connectivity index (χ3v) is 3.68. The normalized spacial score (nSPS) is 19.3. The predicted octanol–water partition coefficient (Wildman–Crippen LogP) is 2.10. The van der Waals surface area contributed by atoms with Crippen LogP contribution in [0.4, 0.5) is 0 Å². The summed E-state index contributed by atoms with van der Waals surface area (Å²) in [4.78, 5) is 11.0. The van der Waals surface area contributed by atoms with Crippen LogP contribution in [0, 0.1) is 0 Å². The van der Waals surface area contributed by atoms with E-state index in [0.29, 0.717) is 29.8 Å². The van der Waals surface area contributed by atoms with Crippen LogP contribution in [-0.4, -0.2) is 25.1 Å². The lowest BCUT2D eigenvalue weighted by Crippen LogP contribution is -2.37. The highest BCUT2D eigenvalue weighted by atomic mass is 35.5. The zero-order valence-corrected chi connectivity index (χ0v) is 11.6. The highest BCUT2D eigenvalue weighted by Gasteiger charge is 2.13. The standard InChI is InChI=1S/C14H19ClN2O2/c15-13-7-10(14(16)18)4-5-11(13)8-19-9-12-3-1-2-6-17-12/h4-5,7,12,17H,1-3,6,8-9H2,(H2,16,18). The number of carbonyl (C=O) groups is 1. The van der Waals surface area contributed by atoms with Crippen LogP contribution >= 0.6 is 11.6 Å². The van der Waals surface area contributed by atoms with Gasteiger partial charge in [-0.1, -0.05) is 24.1 Å². The Balaban J connectivity index is 1.83. The Bertz CT molecular complexity index is 445. The van der Waals surface area contributed by atoms with Gasteiger partial charge in [0.1, 0.15) is 0 Å². The average Bonchev–Trinajstić information content (AvgIpc) is 2.41. The van der Waals surface area contributed by atoms with E-state index >= 15 is 0 Å². The number of hydrogen-bond donors (Lipinski definition) is 2. The van der Waals surface area contributed by atoms with Crippen LogP contribution in [0.2, 0.25) is 5.02 Å². The molecule has 104 valence electrons. The number of piperidine rings is 1. The van der Waals surface area contributed by atoms with Crippen LogP contribution in [-0.2, 0) is 11.3 Å². The van der Waals surface area contributed by atoms with Crippen molar-refractivity contribution in [1.29, 1.82) is 0 Å². The van der Waals surface area contributed by atoms with Crippen LogP contribution in [0.1, 0.15) is 35.2 Å². The molecule has 1 aromatic carbocycles. The van der Waals surface area contributed by atoms with Gasteiger partial charge in [-0.25, -0.2) is 0 Å². The minimum absolute atomic E-state index is 0.419. The molecule has 1 aliphatic rings. The summed E-state index contributed by atoms with van der Waals surface area (Å²) in [6, 6.07) is 5.49. The SMILES string of the molecule is NC(=O)c1ccc(COCC2CCCCN2)c(Cl)c1. The van der Waals surface area contributed by atoms with Crippen molar-refractivity contribution >= 4 is 17.5 Å². The van der Waals surface area contributed by atoms with Gasteiger partial charge in [0.05, 0.1) is 13.2 Å². The first kappa shape index (κ1) is 14.3. The fraction of sp³-hybridized carbons (Fsp3) is 0.500. The lowest BCUT2D eigenvalue weighted by atomic mass is 10.1. The minimum Gasteiger partial charge on any atom is -0.375 e. The van der Waals surface area contributed by atoms with E-state index in [0.717, 1.165) is 18.5 Å². The first-order valence-corrected chi connectivity index (χ1v) is 6.94. The summed E-state index contributed by atoms with van der Waals surface area (Å²) in [6.45, 7) is 2.21. The molecular weight excluding hydrogens is 264 g/mol. The number of hydrogen-bond acceptors (Lipinski definition) is 3. The molecule has 19 heavy (non-hydrogen) atoms. The van der Waals surface area contributed by atoms with Gasteiger partial charge in [-0.3, -0.25) is 4.79 Å². The van der Waals surface area contributed by atoms with Crippen molar-refractivity contribution < 1.29 is 9.53 Å². The monoisotopic (exact) mass is 282 g/mol. The van der Waals surface area contributed by atoms with Crippen LogP contribution in [0.25, 0.3) is 0 Å². The van der Waals surface area contributed by atoms with E-state index < -0.39 is 5.91 Å². The van der Waals surface area contributed by atoms with Gasteiger partial charge in [-0.15, -0.1) is 0 Å². The van der Waals surface area contributed by atoms with Gasteiger partial charge in [0, 0.05) is 16.6 Å². The smallest absolute Gasteiger partial charge is 0.248 e. The molecule has 3 N–H and O–H groups in total. The number of nitrogens with one attached hydrogen (secondary N) is 1. The Morgan fingerprint density at radius 3 is 2.95 bits per heavy atom. The molecule has 0 spiro atoms. The maximum Gasteiger partial charge on any atom is 0.248 e. The molecule has 1 aromatic rings. The van der Waals surface area contributed by atoms with E-state index in [2.05, 4.69) is 5.32 Å². The summed E-state index contributed by atoms with van der Waals surface area (Å²) >= 11 is 6.09. The molecule has 4 nitrogen and oxygen atoms in total. The average molecular weight is 283 g/mol. The van der Waals surface area contributed by atoms with E-state index in [4.69, 9.17) is 22.1 Å². The Kier molecular flexibility index (Phi) is 5.19. The van der Waals surface area contributed by atoms with Gasteiger partial charge in [0.15, 0.2) is 0 Å². The summed E-state index contributed by atoms with van der Waals surface area (Å²) in [5, 5.41) is 3.95. The molecule has 2 rings (SSSR count). The zero-order chi connectivity index (χ0) is 13.7. The Morgan fingerprint density at radius 2 is 2.32 bits per heavy atom. The maximum absolute atomic E-state index is 11.0. The minimum atomic E-state index is -0.472. The molecule has 1 heterocycles. The summed E-state index contributed by atoms with van der Waals surface area (Å²) < 4.78 is 5.68. The molecule has 1 amide bonds. The van der Waals surface area contributed by atoms with E-state index in [9.17, 15) is 4.79 Å². The van der Waals surface area contributed by atoms with Gasteiger partial charge >= 0.3 is 0 Å². The Morgan fingerprint density at radius 1 is 1.47 bits per heavy atom. The van der Waals surface area contributed by atoms with Crippen LogP contribution in [0.15, 0.2) is 18.2 Å². The third-order valence-electron chi connectivity index (χ3n) is 3.33. The fourth-order valence-corrected chi connectivity index (χ4v) is 2.43. The molecule has 5 heteroatoms. The van der Waals surface area contributed by atoms with Gasteiger partial charge in [-0.2, -0.15) is 0 Å². The van der Waals surface area contributed by atoms with Gasteiger partial charge < -0.3 is 15.8 Å². The van der Waals surface area contributed by atoms with E-state index in [-0.39, 0.29) is 0 Å². The van der Waals surface area contributed by atoms with Gasteiger partial charge in [-0.05, 0) is 37.1 Å². The highest BCUT2D eigenvalue weighted by molar-refractivity contribution is 6.31. The van der Waals surface area contributed by atoms with E-state index in [1.807, 2.05) is 0 Å². The maximum atomic E-state index is 11.0. The molecule has 1 atom stereocenters. The van der Waals surface area contributed by atoms with Crippen molar-refractivity contribution in [2.45, 2.75) is 31.9 Å². The van der Waals surface area contributed by atoms with E-state index in [1.54, 1.807) is 18.2 Å². The van der Waals surface area contributed by atoms with Crippen LogP contribution in [0.3, 0.4) is 0 Å². The molecule has 0 aliphatic carbocycles. The second-order valence-electron chi connectivity index (χ2n) is 4.83. The predicted molar refractivity (Wildman–Crippen MR) is 75.3 cm³/mol. The van der Waals surface area contributed by atoms with Crippen molar-refractivity contribution in [3.63, 3.8) is 0 Å². The van der Waals surface area contributed by atoms with Crippen LogP contribution < -0.4 is 11.1 Å². The Labute approximate surface area is 118 Å². The van der Waals surface area contributed by atoms with Gasteiger partial charge in [0.2, 0.25) is 5.91 Å². The third kappa shape index (κ3) is 4.20. The topological polar surface area (TPSA) is 64.4 Å². The number of nitrogens with two attached hydrogens (primary N) is 1. The first-order valence-electron chi connectivity index (χ1n) is 6.56. The first-order chi connectivity index (χ1) is 9.16. The Hall–Kier alpha value is -1.10. The number of primary amides is 1. The lowest BCUT2D eigenvalue weighted by Gasteiger charge is -2.23. The summed E-state index contributed by atoms with van der Waals surface area (Å²) in [5.74, 6) is -0.472. The number of halogens is 1. The number of benzene rings is 1. The molecule has 1 saturated heterocycles. The van der Waals surface area contributed by atoms with Crippen molar-refractivity contribution in [3.05, 3.63) is 34.3 Å². The van der Waals surface area contributed by atoms with Gasteiger partial charge in [0.25, 0.3) is 0 Å². The second-order valence-corrected chi connectivity index (χ2v) is 5.24. The molecule has 1 fully saturated rings. The van der Waals surface area contributed by atoms with Crippen molar-refractivity contribution in [2.75, 3.05) is 13.2 Å². The molecule has 0 radical (unpaired) electrons. The number of carbonyl (C=O) groups excluding carboxylic acids is 1. The molecule has 0 saturated carbocycles. The summed E-state index contributed by atoms with van der Waals surface area (Å²) in [6.07, 6.45) is 3.67. The second kappa shape index (κ2) is 6.89. The number of amides is 1. The molecule has 1 unspecified atom stereocenters. The number of ether oxygens (including phenoxy) is 1. The van der Waals surface area contributed by atoms with Crippen molar-refractivity contribution in [3.8, 4) is 0 Å². The number of rotatable bonds is 5. The van der Waals surface area contributed by atoms with E-state index in [1.165, 1.54) is 12.8 Å². The van der Waals surface area contributed by atoms with Crippen LogP contribution in [0.5, 0.6) is 0 Å². The largest absolute Gasteiger partial charge is 0.375 e. The van der Waals surface area contributed by atoms with Crippen molar-refractivity contribution in [2.24, 2.45) is 5.73 Å². The quantitative estimate of drug-likeness (QED) is 0.869. The molecule has 0 bridgehead atoms. The molecule has 1 aliphatic heterocycles. The highest BCUT2D eigenvalue weighted by Crippen LogP contribution is 2.19. The van der Waals surface area contributed by atoms with Crippen molar-refractivity contribution in [1.82, 2.24) is 5.32 Å².